The molecule has 18 heavy (non-hydrogen) atoms. The second kappa shape index (κ2) is 6.43. The van der Waals surface area contributed by atoms with Crippen molar-refractivity contribution in [3.05, 3.63) is 35.1 Å². The summed E-state index contributed by atoms with van der Waals surface area (Å²) in [4.78, 5) is 11.0. The molecule has 7 heteroatoms. The molecule has 0 atom stereocenters. The molecule has 1 rings (SSSR count). The third kappa shape index (κ3) is 3.62. The lowest BCUT2D eigenvalue weighted by Gasteiger charge is -2.07. The molecule has 0 aliphatic carbocycles. The molecule has 0 aromatic heterocycles. The van der Waals surface area contributed by atoms with Crippen LogP contribution in [0, 0.1) is 5.82 Å². The second-order valence-electron chi connectivity index (χ2n) is 3.37. The number of amidine groups is 1. The molecular formula is C11H14FN3O3. The van der Waals surface area contributed by atoms with Crippen molar-refractivity contribution in [1.29, 1.82) is 0 Å². The predicted octanol–water partition coefficient (Wildman–Crippen LogP) is 1.17. The van der Waals surface area contributed by atoms with Crippen LogP contribution in [0.1, 0.15) is 18.1 Å². The van der Waals surface area contributed by atoms with Crippen molar-refractivity contribution in [1.82, 2.24) is 5.32 Å². The van der Waals surface area contributed by atoms with Crippen LogP contribution in [-0.4, -0.2) is 23.7 Å². The fraction of sp³-hybridized carbons (Fsp3) is 0.273. The van der Waals surface area contributed by atoms with Gasteiger partial charge >= 0.3 is 6.09 Å². The number of halogens is 1. The van der Waals surface area contributed by atoms with Crippen molar-refractivity contribution in [2.45, 2.75) is 13.5 Å². The summed E-state index contributed by atoms with van der Waals surface area (Å²) in [5.74, 6) is -0.741. The van der Waals surface area contributed by atoms with E-state index in [0.29, 0.717) is 0 Å². The van der Waals surface area contributed by atoms with Gasteiger partial charge in [0.2, 0.25) is 0 Å². The van der Waals surface area contributed by atoms with Crippen LogP contribution in [0.2, 0.25) is 0 Å². The van der Waals surface area contributed by atoms with Crippen LogP contribution < -0.4 is 11.1 Å². The van der Waals surface area contributed by atoms with Crippen LogP contribution in [-0.2, 0) is 11.3 Å². The fourth-order valence-corrected chi connectivity index (χ4v) is 1.26. The number of carbonyl (C=O) groups excluding carboxylic acids is 1. The molecule has 0 spiro atoms. The minimum absolute atomic E-state index is 0.00111. The van der Waals surface area contributed by atoms with Gasteiger partial charge in [0.05, 0.1) is 6.61 Å². The summed E-state index contributed by atoms with van der Waals surface area (Å²) in [6.07, 6.45) is -0.614. The van der Waals surface area contributed by atoms with E-state index < -0.39 is 11.9 Å². The Hall–Kier alpha value is -2.31. The van der Waals surface area contributed by atoms with Crippen LogP contribution in [0.5, 0.6) is 0 Å². The number of oxime groups is 1. The van der Waals surface area contributed by atoms with Crippen LogP contribution in [0.4, 0.5) is 9.18 Å². The van der Waals surface area contributed by atoms with Crippen molar-refractivity contribution in [3.63, 3.8) is 0 Å². The standard InChI is InChI=1S/C11H14FN3O3/c1-2-18-11(16)14-6-8-4-3-7(5-9(8)12)10(13)15-17/h3-5,17H,2,6H2,1H3,(H2,13,15)(H,14,16). The Labute approximate surface area is 103 Å². The summed E-state index contributed by atoms with van der Waals surface area (Å²) in [5.41, 5.74) is 5.85. The molecule has 6 nitrogen and oxygen atoms in total. The Morgan fingerprint density at radius 1 is 1.61 bits per heavy atom. The molecule has 0 unspecified atom stereocenters. The van der Waals surface area contributed by atoms with Gasteiger partial charge in [0.1, 0.15) is 5.82 Å². The summed E-state index contributed by atoms with van der Waals surface area (Å²) >= 11 is 0. The van der Waals surface area contributed by atoms with Crippen LogP contribution in [0.3, 0.4) is 0 Å². The van der Waals surface area contributed by atoms with Gasteiger partial charge in [-0.1, -0.05) is 17.3 Å². The van der Waals surface area contributed by atoms with E-state index in [1.54, 1.807) is 6.92 Å². The van der Waals surface area contributed by atoms with Crippen molar-refractivity contribution < 1.29 is 19.1 Å². The monoisotopic (exact) mass is 255 g/mol. The molecule has 0 aliphatic heterocycles. The van der Waals surface area contributed by atoms with Crippen molar-refractivity contribution in [3.8, 4) is 0 Å². The van der Waals surface area contributed by atoms with Gasteiger partial charge in [0, 0.05) is 17.7 Å². The van der Waals surface area contributed by atoms with E-state index in [1.165, 1.54) is 12.1 Å². The summed E-state index contributed by atoms with van der Waals surface area (Å²) in [6, 6.07) is 4.05. The first-order valence-electron chi connectivity index (χ1n) is 5.25. The van der Waals surface area contributed by atoms with E-state index in [9.17, 15) is 9.18 Å². The molecular weight excluding hydrogens is 241 g/mol. The van der Waals surface area contributed by atoms with E-state index in [0.717, 1.165) is 6.07 Å². The first-order chi connectivity index (χ1) is 8.58. The molecule has 98 valence electrons. The van der Waals surface area contributed by atoms with Crippen LogP contribution in [0.25, 0.3) is 0 Å². The molecule has 0 bridgehead atoms. The molecule has 1 amide bonds. The molecule has 0 saturated carbocycles. The van der Waals surface area contributed by atoms with E-state index in [-0.39, 0.29) is 30.1 Å². The number of ether oxygens (including phenoxy) is 1. The highest BCUT2D eigenvalue weighted by Crippen LogP contribution is 2.10. The first-order valence-corrected chi connectivity index (χ1v) is 5.25. The lowest BCUT2D eigenvalue weighted by atomic mass is 10.1. The van der Waals surface area contributed by atoms with Gasteiger partial charge in [-0.25, -0.2) is 9.18 Å². The topological polar surface area (TPSA) is 96.9 Å². The molecule has 1 aromatic carbocycles. The average molecular weight is 255 g/mol. The maximum atomic E-state index is 13.6. The number of rotatable bonds is 4. The zero-order valence-electron chi connectivity index (χ0n) is 9.81. The first kappa shape index (κ1) is 13.8. The summed E-state index contributed by atoms with van der Waals surface area (Å²) in [5, 5.41) is 13.6. The highest BCUT2D eigenvalue weighted by atomic mass is 19.1. The Kier molecular flexibility index (Phi) is 4.91. The minimum Gasteiger partial charge on any atom is -0.450 e. The highest BCUT2D eigenvalue weighted by molar-refractivity contribution is 5.97. The lowest BCUT2D eigenvalue weighted by Crippen LogP contribution is -2.24. The Bertz CT molecular complexity index is 463. The maximum Gasteiger partial charge on any atom is 0.407 e. The van der Waals surface area contributed by atoms with Gasteiger partial charge in [-0.15, -0.1) is 0 Å². The van der Waals surface area contributed by atoms with Gasteiger partial charge in [0.25, 0.3) is 0 Å². The van der Waals surface area contributed by atoms with Crippen LogP contribution >= 0.6 is 0 Å². The van der Waals surface area contributed by atoms with Gasteiger partial charge in [-0.3, -0.25) is 0 Å². The molecule has 0 saturated heterocycles. The van der Waals surface area contributed by atoms with Gasteiger partial charge in [0.15, 0.2) is 5.84 Å². The van der Waals surface area contributed by atoms with Gasteiger partial charge < -0.3 is 21.0 Å². The van der Waals surface area contributed by atoms with E-state index in [2.05, 4.69) is 15.2 Å². The van der Waals surface area contributed by atoms with Gasteiger partial charge in [-0.05, 0) is 13.0 Å². The number of hydrogen-bond acceptors (Lipinski definition) is 4. The van der Waals surface area contributed by atoms with E-state index in [1.807, 2.05) is 0 Å². The number of hydrogen-bond donors (Lipinski definition) is 3. The quantitative estimate of drug-likeness (QED) is 0.325. The molecule has 0 heterocycles. The smallest absolute Gasteiger partial charge is 0.407 e. The Balaban J connectivity index is 2.71. The molecule has 4 N–H and O–H groups in total. The number of nitrogens with one attached hydrogen (secondary N) is 1. The van der Waals surface area contributed by atoms with E-state index in [4.69, 9.17) is 10.9 Å². The number of benzene rings is 1. The Morgan fingerprint density at radius 3 is 2.89 bits per heavy atom. The lowest BCUT2D eigenvalue weighted by molar-refractivity contribution is 0.151. The second-order valence-corrected chi connectivity index (χ2v) is 3.37. The maximum absolute atomic E-state index is 13.6. The Morgan fingerprint density at radius 2 is 2.33 bits per heavy atom. The van der Waals surface area contributed by atoms with Crippen molar-refractivity contribution >= 4 is 11.9 Å². The molecule has 0 fully saturated rings. The summed E-state index contributed by atoms with van der Waals surface area (Å²) in [7, 11) is 0. The number of nitrogens with two attached hydrogens (primary N) is 1. The van der Waals surface area contributed by atoms with Gasteiger partial charge in [-0.2, -0.15) is 0 Å². The normalized spacial score (nSPS) is 11.1. The number of alkyl carbamates (subject to hydrolysis) is 1. The zero-order valence-corrected chi connectivity index (χ0v) is 9.81. The zero-order chi connectivity index (χ0) is 13.5. The SMILES string of the molecule is CCOC(=O)NCc1ccc(C(N)=NO)cc1F. The molecule has 1 aromatic rings. The molecule has 0 aliphatic rings. The van der Waals surface area contributed by atoms with Crippen molar-refractivity contribution in [2.75, 3.05) is 6.61 Å². The number of carbonyl (C=O) groups is 1. The summed E-state index contributed by atoms with van der Waals surface area (Å²) < 4.78 is 18.2. The molecule has 0 radical (unpaired) electrons. The number of nitrogens with zero attached hydrogens (tertiary/aromatic N) is 1. The van der Waals surface area contributed by atoms with Crippen molar-refractivity contribution in [2.24, 2.45) is 10.9 Å². The largest absolute Gasteiger partial charge is 0.450 e. The third-order valence-corrected chi connectivity index (χ3v) is 2.16. The highest BCUT2D eigenvalue weighted by Gasteiger charge is 2.08. The fourth-order valence-electron chi connectivity index (χ4n) is 1.26. The third-order valence-electron chi connectivity index (χ3n) is 2.16. The summed E-state index contributed by atoms with van der Waals surface area (Å²) in [6.45, 7) is 1.92. The van der Waals surface area contributed by atoms with Crippen LogP contribution in [0.15, 0.2) is 23.4 Å². The van der Waals surface area contributed by atoms with E-state index >= 15 is 0 Å². The minimum atomic E-state index is -0.614. The average Bonchev–Trinajstić information content (AvgIpc) is 2.36. The predicted molar refractivity (Wildman–Crippen MR) is 62.8 cm³/mol. The number of amides is 1.